The number of likely N-dealkylation sites (tertiary alicyclic amines) is 1. The van der Waals surface area contributed by atoms with E-state index in [4.69, 9.17) is 0 Å². The molecule has 1 rings (SSSR count). The van der Waals surface area contributed by atoms with E-state index >= 15 is 0 Å². The lowest BCUT2D eigenvalue weighted by Crippen LogP contribution is -2.45. The third-order valence-corrected chi connectivity index (χ3v) is 2.42. The van der Waals surface area contributed by atoms with E-state index in [2.05, 4.69) is 38.8 Å². The van der Waals surface area contributed by atoms with E-state index in [1.54, 1.807) is 0 Å². The lowest BCUT2D eigenvalue weighted by molar-refractivity contribution is 0.161. The fraction of sp³-hybridized carbons (Fsp3) is 0.667. The molecule has 0 unspecified atom stereocenters. The van der Waals surface area contributed by atoms with E-state index in [9.17, 15) is 0 Å². The summed E-state index contributed by atoms with van der Waals surface area (Å²) in [5.41, 5.74) is 1.64. The third-order valence-electron chi connectivity index (χ3n) is 2.42. The molecule has 1 aliphatic heterocycles. The van der Waals surface area contributed by atoms with Crippen LogP contribution in [0.1, 0.15) is 27.2 Å². The molecule has 1 heteroatoms. The molecule has 0 aromatic heterocycles. The van der Waals surface area contributed by atoms with Crippen LogP contribution in [0.25, 0.3) is 0 Å². The summed E-state index contributed by atoms with van der Waals surface area (Å²) in [5, 5.41) is 0. The second-order valence-electron chi connectivity index (χ2n) is 5.20. The lowest BCUT2D eigenvalue weighted by Gasteiger charge is -2.42. The summed E-state index contributed by atoms with van der Waals surface area (Å²) in [4.78, 5) is 2.36. The number of nitrogens with zero attached hydrogens (tertiary/aromatic N) is 1. The van der Waals surface area contributed by atoms with Gasteiger partial charge in [0.2, 0.25) is 0 Å². The highest BCUT2D eigenvalue weighted by Crippen LogP contribution is 2.29. The molecule has 1 fully saturated rings. The summed E-state index contributed by atoms with van der Waals surface area (Å²) < 4.78 is 0. The molecule has 1 saturated heterocycles. The number of rotatable bonds is 3. The Morgan fingerprint density at radius 1 is 1.46 bits per heavy atom. The molecular weight excluding hydrogens is 158 g/mol. The fourth-order valence-electron chi connectivity index (χ4n) is 1.64. The van der Waals surface area contributed by atoms with Gasteiger partial charge in [-0.3, -0.25) is 0 Å². The second kappa shape index (κ2) is 3.57. The zero-order chi connectivity index (χ0) is 10.1. The second-order valence-corrected chi connectivity index (χ2v) is 5.20. The molecular formula is C12H21N. The van der Waals surface area contributed by atoms with E-state index in [0.29, 0.717) is 11.3 Å². The molecule has 0 spiro atoms. The van der Waals surface area contributed by atoms with Gasteiger partial charge in [0, 0.05) is 24.7 Å². The van der Waals surface area contributed by atoms with Crippen LogP contribution in [-0.2, 0) is 0 Å². The van der Waals surface area contributed by atoms with E-state index < -0.39 is 0 Å². The highest BCUT2D eigenvalue weighted by molar-refractivity contribution is 5.05. The maximum Gasteiger partial charge on any atom is 0.0254 e. The van der Waals surface area contributed by atoms with Gasteiger partial charge >= 0.3 is 0 Å². The molecule has 1 aliphatic rings. The number of hydrogen-bond acceptors (Lipinski definition) is 1. The molecule has 1 heterocycles. The summed E-state index contributed by atoms with van der Waals surface area (Å²) in [6, 6.07) is 0. The minimum atomic E-state index is 0.357. The Hall–Kier alpha value is -0.720. The van der Waals surface area contributed by atoms with Gasteiger partial charge in [0.15, 0.2) is 0 Å². The van der Waals surface area contributed by atoms with Crippen molar-refractivity contribution in [3.8, 4) is 0 Å². The minimum Gasteiger partial charge on any atom is -0.374 e. The zero-order valence-electron chi connectivity index (χ0n) is 9.14. The first-order valence-electron chi connectivity index (χ1n) is 4.97. The summed E-state index contributed by atoms with van der Waals surface area (Å²) in [7, 11) is 0. The van der Waals surface area contributed by atoms with Gasteiger partial charge in [-0.2, -0.15) is 0 Å². The van der Waals surface area contributed by atoms with Gasteiger partial charge in [0.1, 0.15) is 0 Å². The Kier molecular flexibility index (Phi) is 2.84. The van der Waals surface area contributed by atoms with Crippen LogP contribution in [0.3, 0.4) is 0 Å². The van der Waals surface area contributed by atoms with Gasteiger partial charge in [0.25, 0.3) is 0 Å². The lowest BCUT2D eigenvalue weighted by atomic mass is 9.88. The van der Waals surface area contributed by atoms with Crippen molar-refractivity contribution in [2.75, 3.05) is 13.1 Å². The van der Waals surface area contributed by atoms with Crippen molar-refractivity contribution in [1.82, 2.24) is 4.90 Å². The standard InChI is InChI=1S/C12H21N/c1-6-11-8-13(9-11)10(2)7-12(3,4)5/h6,11H,1-2,7-9H2,3-5H3. The predicted molar refractivity (Wildman–Crippen MR) is 58.5 cm³/mol. The third kappa shape index (κ3) is 2.91. The van der Waals surface area contributed by atoms with Crippen molar-refractivity contribution in [3.63, 3.8) is 0 Å². The zero-order valence-corrected chi connectivity index (χ0v) is 9.14. The number of allylic oxidation sites excluding steroid dienone is 1. The fourth-order valence-corrected chi connectivity index (χ4v) is 1.64. The highest BCUT2D eigenvalue weighted by atomic mass is 15.2. The quantitative estimate of drug-likeness (QED) is 0.602. The van der Waals surface area contributed by atoms with Gasteiger partial charge in [-0.15, -0.1) is 6.58 Å². The molecule has 74 valence electrons. The normalized spacial score (nSPS) is 18.2. The summed E-state index contributed by atoms with van der Waals surface area (Å²) in [5.74, 6) is 0.691. The van der Waals surface area contributed by atoms with Gasteiger partial charge < -0.3 is 4.90 Å². The van der Waals surface area contributed by atoms with Crippen molar-refractivity contribution in [1.29, 1.82) is 0 Å². The van der Waals surface area contributed by atoms with Crippen molar-refractivity contribution >= 4 is 0 Å². The Morgan fingerprint density at radius 2 is 2.00 bits per heavy atom. The first kappa shape index (κ1) is 10.4. The van der Waals surface area contributed by atoms with Crippen molar-refractivity contribution < 1.29 is 0 Å². The predicted octanol–water partition coefficient (Wildman–Crippen LogP) is 3.05. The average Bonchev–Trinajstić information content (AvgIpc) is 1.79. The van der Waals surface area contributed by atoms with Crippen LogP contribution in [0.2, 0.25) is 0 Å². The van der Waals surface area contributed by atoms with Crippen LogP contribution in [-0.4, -0.2) is 18.0 Å². The molecule has 13 heavy (non-hydrogen) atoms. The first-order chi connectivity index (χ1) is 5.92. The van der Waals surface area contributed by atoms with E-state index in [0.717, 1.165) is 19.5 Å². The van der Waals surface area contributed by atoms with E-state index in [1.165, 1.54) is 5.70 Å². The maximum atomic E-state index is 4.12. The van der Waals surface area contributed by atoms with Crippen LogP contribution in [0.4, 0.5) is 0 Å². The molecule has 0 aromatic carbocycles. The molecule has 1 nitrogen and oxygen atoms in total. The van der Waals surface area contributed by atoms with E-state index in [-0.39, 0.29) is 0 Å². The molecule has 0 N–H and O–H groups in total. The van der Waals surface area contributed by atoms with Crippen molar-refractivity contribution in [3.05, 3.63) is 24.9 Å². The molecule has 0 aromatic rings. The van der Waals surface area contributed by atoms with Crippen LogP contribution in [0, 0.1) is 11.3 Å². The average molecular weight is 179 g/mol. The maximum absolute atomic E-state index is 4.12. The topological polar surface area (TPSA) is 3.24 Å². The molecule has 0 saturated carbocycles. The van der Waals surface area contributed by atoms with Crippen LogP contribution in [0.15, 0.2) is 24.9 Å². The molecule has 0 amide bonds. The number of hydrogen-bond donors (Lipinski definition) is 0. The summed E-state index contributed by atoms with van der Waals surface area (Å²) in [6.45, 7) is 16.9. The molecule has 0 radical (unpaired) electrons. The molecule has 0 aliphatic carbocycles. The van der Waals surface area contributed by atoms with Crippen molar-refractivity contribution in [2.45, 2.75) is 27.2 Å². The van der Waals surface area contributed by atoms with Gasteiger partial charge in [-0.05, 0) is 11.8 Å². The SMILES string of the molecule is C=CC1CN(C(=C)CC(C)(C)C)C1. The van der Waals surface area contributed by atoms with Crippen LogP contribution in [0.5, 0.6) is 0 Å². The Balaban J connectivity index is 2.31. The van der Waals surface area contributed by atoms with E-state index in [1.807, 2.05) is 6.08 Å². The smallest absolute Gasteiger partial charge is 0.0254 e. The minimum absolute atomic E-state index is 0.357. The van der Waals surface area contributed by atoms with Gasteiger partial charge in [0.05, 0.1) is 0 Å². The summed E-state index contributed by atoms with van der Waals surface area (Å²) >= 11 is 0. The van der Waals surface area contributed by atoms with Crippen LogP contribution < -0.4 is 0 Å². The summed E-state index contributed by atoms with van der Waals surface area (Å²) in [6.07, 6.45) is 3.14. The van der Waals surface area contributed by atoms with Crippen molar-refractivity contribution in [2.24, 2.45) is 11.3 Å². The monoisotopic (exact) mass is 179 g/mol. The molecule has 0 atom stereocenters. The first-order valence-corrected chi connectivity index (χ1v) is 4.97. The Labute approximate surface area is 82.1 Å². The van der Waals surface area contributed by atoms with Gasteiger partial charge in [-0.25, -0.2) is 0 Å². The molecule has 0 bridgehead atoms. The Morgan fingerprint density at radius 3 is 2.38 bits per heavy atom. The van der Waals surface area contributed by atoms with Gasteiger partial charge in [-0.1, -0.05) is 33.4 Å². The van der Waals surface area contributed by atoms with Crippen LogP contribution >= 0.6 is 0 Å². The highest BCUT2D eigenvalue weighted by Gasteiger charge is 2.26. The Bertz CT molecular complexity index is 204. The largest absolute Gasteiger partial charge is 0.374 e.